The molecule has 6 aromatic rings. The number of benzene rings is 4. The summed E-state index contributed by atoms with van der Waals surface area (Å²) >= 11 is 13.9. The van der Waals surface area contributed by atoms with Crippen molar-refractivity contribution in [2.45, 2.75) is 0 Å². The van der Waals surface area contributed by atoms with Gasteiger partial charge in [-0.2, -0.15) is 0 Å². The highest BCUT2D eigenvalue weighted by molar-refractivity contribution is 9.11. The Labute approximate surface area is 285 Å². The van der Waals surface area contributed by atoms with Gasteiger partial charge in [-0.25, -0.2) is 19.9 Å². The molecule has 10 heteroatoms. The first-order valence-electron chi connectivity index (χ1n) is 13.2. The lowest BCUT2D eigenvalue weighted by molar-refractivity contribution is 0.0964. The lowest BCUT2D eigenvalue weighted by Gasteiger charge is -2.20. The summed E-state index contributed by atoms with van der Waals surface area (Å²) in [4.78, 5) is 47.5. The van der Waals surface area contributed by atoms with E-state index in [1.54, 1.807) is 0 Å². The van der Waals surface area contributed by atoms with Gasteiger partial charge in [0.15, 0.2) is 0 Å². The van der Waals surface area contributed by atoms with Crippen molar-refractivity contribution < 1.29 is 9.59 Å². The van der Waals surface area contributed by atoms with Crippen molar-refractivity contribution in [1.29, 1.82) is 0 Å². The highest BCUT2D eigenvalue weighted by Crippen LogP contribution is 2.37. The first kappa shape index (κ1) is 29.0. The summed E-state index contributed by atoms with van der Waals surface area (Å²) in [6, 6.07) is 30.3. The molecule has 212 valence electrons. The van der Waals surface area contributed by atoms with Gasteiger partial charge in [-0.3, -0.25) is 9.59 Å². The van der Waals surface area contributed by atoms with Crippen molar-refractivity contribution >= 4 is 75.3 Å². The molecule has 44 heavy (non-hydrogen) atoms. The monoisotopic (exact) mass is 828 g/mol. The molecule has 2 heterocycles. The van der Waals surface area contributed by atoms with E-state index in [4.69, 9.17) is 19.9 Å². The molecule has 0 bridgehead atoms. The number of hydrogen-bond acceptors (Lipinski definition) is 6. The van der Waals surface area contributed by atoms with Gasteiger partial charge in [-0.15, -0.1) is 0 Å². The summed E-state index contributed by atoms with van der Waals surface area (Å²) in [5, 5.41) is 0. The lowest BCUT2D eigenvalue weighted by Crippen LogP contribution is -2.27. The topological polar surface area (TPSA) is 85.7 Å². The largest absolute Gasteiger partial charge is 0.285 e. The fraction of sp³-hybridized carbons (Fsp3) is 0. The summed E-state index contributed by atoms with van der Waals surface area (Å²) < 4.78 is 3.59. The van der Waals surface area contributed by atoms with Gasteiger partial charge in [0.2, 0.25) is 11.6 Å². The van der Waals surface area contributed by atoms with Crippen LogP contribution >= 0.6 is 63.7 Å². The van der Waals surface area contributed by atoms with Gasteiger partial charge < -0.3 is 0 Å². The van der Waals surface area contributed by atoms with Gasteiger partial charge in [0.05, 0.1) is 22.8 Å². The van der Waals surface area contributed by atoms with Gasteiger partial charge in [-0.05, 0) is 48.5 Å². The molecule has 0 unspecified atom stereocenters. The minimum Gasteiger partial charge on any atom is -0.285 e. The zero-order valence-electron chi connectivity index (χ0n) is 22.4. The standard InChI is InChI=1S/C34H16Br4N4O2/c35-21-9-1-17(2-10-21)25-26(18-3-11-22(36)12-4-18)40-30-29(39-25)33(43)31-32(34(30)44)42-28(20-7-15-24(38)16-8-20)27(41-31)19-5-13-23(37)14-6-19/h1-16H. The molecule has 2 aromatic heterocycles. The van der Waals surface area contributed by atoms with Crippen molar-refractivity contribution in [3.05, 3.63) is 138 Å². The highest BCUT2D eigenvalue weighted by atomic mass is 79.9. The third-order valence-corrected chi connectivity index (χ3v) is 9.24. The second-order valence-electron chi connectivity index (χ2n) is 9.92. The van der Waals surface area contributed by atoms with Crippen LogP contribution in [-0.4, -0.2) is 31.5 Å². The molecule has 1 aliphatic carbocycles. The number of aromatic nitrogens is 4. The molecule has 0 aliphatic heterocycles. The van der Waals surface area contributed by atoms with Crippen LogP contribution in [0.15, 0.2) is 115 Å². The Kier molecular flexibility index (Phi) is 7.70. The normalized spacial score (nSPS) is 12.2. The third kappa shape index (κ3) is 5.30. The molecule has 6 nitrogen and oxygen atoms in total. The Hall–Kier alpha value is -3.70. The van der Waals surface area contributed by atoms with Crippen LogP contribution in [0.1, 0.15) is 32.4 Å². The Morgan fingerprint density at radius 2 is 0.477 bits per heavy atom. The Morgan fingerprint density at radius 3 is 0.659 bits per heavy atom. The summed E-state index contributed by atoms with van der Waals surface area (Å²) in [6.07, 6.45) is 0. The molecule has 1 aliphatic rings. The van der Waals surface area contributed by atoms with Crippen molar-refractivity contribution in [2.75, 3.05) is 0 Å². The van der Waals surface area contributed by atoms with Gasteiger partial charge in [0, 0.05) is 40.1 Å². The molecule has 0 N–H and O–H groups in total. The van der Waals surface area contributed by atoms with Crippen LogP contribution in [0, 0.1) is 0 Å². The molecule has 4 aromatic carbocycles. The molecular weight excluding hydrogens is 816 g/mol. The van der Waals surface area contributed by atoms with Gasteiger partial charge >= 0.3 is 0 Å². The number of hydrogen-bond donors (Lipinski definition) is 0. The van der Waals surface area contributed by atoms with Gasteiger partial charge in [0.25, 0.3) is 0 Å². The first-order valence-corrected chi connectivity index (χ1v) is 16.4. The molecule has 0 saturated carbocycles. The van der Waals surface area contributed by atoms with Gasteiger partial charge in [0.1, 0.15) is 22.8 Å². The third-order valence-electron chi connectivity index (χ3n) is 7.12. The van der Waals surface area contributed by atoms with Crippen LogP contribution < -0.4 is 0 Å². The molecule has 7 rings (SSSR count). The quantitative estimate of drug-likeness (QED) is 0.176. The van der Waals surface area contributed by atoms with E-state index < -0.39 is 11.6 Å². The van der Waals surface area contributed by atoms with Crippen molar-refractivity contribution in [2.24, 2.45) is 0 Å². The highest BCUT2D eigenvalue weighted by Gasteiger charge is 2.38. The fourth-order valence-electron chi connectivity index (χ4n) is 4.96. The maximum atomic E-state index is 14.1. The minimum atomic E-state index is -0.504. The average molecular weight is 832 g/mol. The number of carbonyl (C=O) groups excluding carboxylic acids is 2. The predicted molar refractivity (Wildman–Crippen MR) is 183 cm³/mol. The van der Waals surface area contributed by atoms with Crippen LogP contribution in [0.25, 0.3) is 45.0 Å². The second kappa shape index (κ2) is 11.7. The van der Waals surface area contributed by atoms with Crippen molar-refractivity contribution in [3.8, 4) is 45.0 Å². The van der Waals surface area contributed by atoms with Gasteiger partial charge in [-0.1, -0.05) is 112 Å². The molecule has 0 spiro atoms. The number of ketones is 2. The van der Waals surface area contributed by atoms with E-state index >= 15 is 0 Å². The molecule has 0 saturated heterocycles. The zero-order valence-corrected chi connectivity index (χ0v) is 28.7. The maximum absolute atomic E-state index is 14.1. The number of carbonyl (C=O) groups is 2. The van der Waals surface area contributed by atoms with E-state index in [1.165, 1.54) is 0 Å². The van der Waals surface area contributed by atoms with E-state index in [2.05, 4.69) is 63.7 Å². The Balaban J connectivity index is 1.46. The average Bonchev–Trinajstić information content (AvgIpc) is 3.04. The number of nitrogens with zero attached hydrogens (tertiary/aromatic N) is 4. The predicted octanol–water partition coefficient (Wildman–Crippen LogP) is 9.76. The number of rotatable bonds is 4. The smallest absolute Gasteiger partial charge is 0.234 e. The maximum Gasteiger partial charge on any atom is 0.234 e. The van der Waals surface area contributed by atoms with Crippen molar-refractivity contribution in [3.63, 3.8) is 0 Å². The van der Waals surface area contributed by atoms with E-state index in [0.717, 1.165) is 40.1 Å². The van der Waals surface area contributed by atoms with E-state index in [-0.39, 0.29) is 22.8 Å². The summed E-state index contributed by atoms with van der Waals surface area (Å²) in [5.74, 6) is -1.01. The van der Waals surface area contributed by atoms with Crippen molar-refractivity contribution in [1.82, 2.24) is 19.9 Å². The molecule has 0 atom stereocenters. The molecular formula is C34H16Br4N4O2. The second-order valence-corrected chi connectivity index (χ2v) is 13.6. The molecule has 0 amide bonds. The zero-order chi connectivity index (χ0) is 30.5. The molecule has 0 radical (unpaired) electrons. The molecule has 0 fully saturated rings. The fourth-order valence-corrected chi connectivity index (χ4v) is 6.02. The summed E-state index contributed by atoms with van der Waals surface area (Å²) in [6.45, 7) is 0. The van der Waals surface area contributed by atoms with Crippen LogP contribution in [-0.2, 0) is 0 Å². The Bertz CT molecular complexity index is 1810. The van der Waals surface area contributed by atoms with Crippen LogP contribution in [0.2, 0.25) is 0 Å². The number of halogens is 4. The SMILES string of the molecule is O=C1c2nc(-c3ccc(Br)cc3)c(-c3ccc(Br)cc3)nc2C(=O)c2nc(-c3ccc(Br)cc3)c(-c3ccc(Br)cc3)nc21. The number of fused-ring (bicyclic) bond motifs is 2. The van der Waals surface area contributed by atoms with Crippen LogP contribution in [0.5, 0.6) is 0 Å². The van der Waals surface area contributed by atoms with Crippen LogP contribution in [0.3, 0.4) is 0 Å². The summed E-state index contributed by atoms with van der Waals surface area (Å²) in [7, 11) is 0. The first-order chi connectivity index (χ1) is 21.3. The summed E-state index contributed by atoms with van der Waals surface area (Å²) in [5.41, 5.74) is 4.74. The van der Waals surface area contributed by atoms with E-state index in [1.807, 2.05) is 97.1 Å². The van der Waals surface area contributed by atoms with E-state index in [0.29, 0.717) is 22.8 Å². The lowest BCUT2D eigenvalue weighted by atomic mass is 9.94. The minimum absolute atomic E-state index is 0.0475. The van der Waals surface area contributed by atoms with Crippen LogP contribution in [0.4, 0.5) is 0 Å². The Morgan fingerprint density at radius 1 is 0.295 bits per heavy atom. The van der Waals surface area contributed by atoms with E-state index in [9.17, 15) is 9.59 Å².